The second kappa shape index (κ2) is 6.31. The summed E-state index contributed by atoms with van der Waals surface area (Å²) >= 11 is 0. The highest BCUT2D eigenvalue weighted by molar-refractivity contribution is 5.92. The van der Waals surface area contributed by atoms with Crippen LogP contribution in [0, 0.1) is 6.92 Å². The van der Waals surface area contributed by atoms with Crippen LogP contribution in [0.1, 0.15) is 43.4 Å². The molecule has 0 aromatic carbocycles. The minimum atomic E-state index is -0.000596. The number of hydrogen-bond donors (Lipinski definition) is 0. The first-order chi connectivity index (χ1) is 9.52. The van der Waals surface area contributed by atoms with Gasteiger partial charge in [-0.1, -0.05) is 6.92 Å². The number of aryl methyl sites for hydroxylation is 1. The van der Waals surface area contributed by atoms with E-state index in [1.54, 1.807) is 12.4 Å². The standard InChI is InChI=1S/C15H24N4O/c1-5-13-10-18(6-7-19(13)11(2)3)15(20)14-9-16-12(4)8-17-14/h8-9,11,13H,5-7,10H2,1-4H3. The SMILES string of the molecule is CCC1CN(C(=O)c2cnc(C)cn2)CCN1C(C)C. The molecule has 0 N–H and O–H groups in total. The predicted molar refractivity (Wildman–Crippen MR) is 78.6 cm³/mol. The highest BCUT2D eigenvalue weighted by Gasteiger charge is 2.30. The first kappa shape index (κ1) is 14.9. The molecule has 1 aliphatic heterocycles. The number of rotatable bonds is 3. The van der Waals surface area contributed by atoms with Crippen molar-refractivity contribution in [2.45, 2.75) is 46.2 Å². The number of piperazine rings is 1. The fourth-order valence-corrected chi connectivity index (χ4v) is 2.76. The fraction of sp³-hybridized carbons (Fsp3) is 0.667. The average molecular weight is 276 g/mol. The van der Waals surface area contributed by atoms with Crippen LogP contribution in [0.3, 0.4) is 0 Å². The van der Waals surface area contributed by atoms with Crippen LogP contribution < -0.4 is 0 Å². The summed E-state index contributed by atoms with van der Waals surface area (Å²) in [5.41, 5.74) is 1.28. The van der Waals surface area contributed by atoms with E-state index in [4.69, 9.17) is 0 Å². The van der Waals surface area contributed by atoms with Crippen molar-refractivity contribution in [2.75, 3.05) is 19.6 Å². The van der Waals surface area contributed by atoms with E-state index in [0.29, 0.717) is 17.8 Å². The lowest BCUT2D eigenvalue weighted by Crippen LogP contribution is -2.56. The minimum absolute atomic E-state index is 0.000596. The van der Waals surface area contributed by atoms with E-state index in [1.165, 1.54) is 0 Å². The highest BCUT2D eigenvalue weighted by atomic mass is 16.2. The van der Waals surface area contributed by atoms with Gasteiger partial charge in [0, 0.05) is 37.9 Å². The topological polar surface area (TPSA) is 49.3 Å². The van der Waals surface area contributed by atoms with E-state index >= 15 is 0 Å². The lowest BCUT2D eigenvalue weighted by molar-refractivity contribution is 0.0367. The zero-order chi connectivity index (χ0) is 14.7. The Morgan fingerprint density at radius 2 is 2.10 bits per heavy atom. The van der Waals surface area contributed by atoms with Crippen molar-refractivity contribution < 1.29 is 4.79 Å². The summed E-state index contributed by atoms with van der Waals surface area (Å²) in [7, 11) is 0. The van der Waals surface area contributed by atoms with Gasteiger partial charge in [0.1, 0.15) is 5.69 Å². The second-order valence-electron chi connectivity index (χ2n) is 5.69. The van der Waals surface area contributed by atoms with Gasteiger partial charge in [0.2, 0.25) is 0 Å². The molecule has 1 aliphatic rings. The Hall–Kier alpha value is -1.49. The number of carbonyl (C=O) groups excluding carboxylic acids is 1. The maximum absolute atomic E-state index is 12.5. The number of aromatic nitrogens is 2. The molecular formula is C15H24N4O. The van der Waals surface area contributed by atoms with Crippen molar-refractivity contribution in [1.29, 1.82) is 0 Å². The summed E-state index contributed by atoms with van der Waals surface area (Å²) < 4.78 is 0. The molecule has 1 fully saturated rings. The molecule has 1 saturated heterocycles. The monoisotopic (exact) mass is 276 g/mol. The van der Waals surface area contributed by atoms with Crippen LogP contribution in [0.2, 0.25) is 0 Å². The van der Waals surface area contributed by atoms with Crippen LogP contribution >= 0.6 is 0 Å². The minimum Gasteiger partial charge on any atom is -0.334 e. The molecular weight excluding hydrogens is 252 g/mol. The second-order valence-corrected chi connectivity index (χ2v) is 5.69. The highest BCUT2D eigenvalue weighted by Crippen LogP contribution is 2.17. The Kier molecular flexibility index (Phi) is 4.70. The van der Waals surface area contributed by atoms with Crippen LogP contribution in [0.4, 0.5) is 0 Å². The van der Waals surface area contributed by atoms with Crippen LogP contribution in [0.5, 0.6) is 0 Å². The summed E-state index contributed by atoms with van der Waals surface area (Å²) in [5, 5.41) is 0. The predicted octanol–water partition coefficient (Wildman–Crippen LogP) is 1.73. The van der Waals surface area contributed by atoms with Gasteiger partial charge in [-0.25, -0.2) is 4.98 Å². The molecule has 0 bridgehead atoms. The van der Waals surface area contributed by atoms with Crippen LogP contribution in [0.25, 0.3) is 0 Å². The van der Waals surface area contributed by atoms with E-state index in [-0.39, 0.29) is 5.91 Å². The van der Waals surface area contributed by atoms with Gasteiger partial charge in [-0.05, 0) is 27.2 Å². The van der Waals surface area contributed by atoms with Gasteiger partial charge < -0.3 is 4.90 Å². The Labute approximate surface area is 121 Å². The third kappa shape index (κ3) is 3.15. The molecule has 1 aromatic rings. The number of carbonyl (C=O) groups is 1. The first-order valence-electron chi connectivity index (χ1n) is 7.36. The van der Waals surface area contributed by atoms with Crippen molar-refractivity contribution in [3.8, 4) is 0 Å². The van der Waals surface area contributed by atoms with E-state index < -0.39 is 0 Å². The van der Waals surface area contributed by atoms with Crippen molar-refractivity contribution in [3.05, 3.63) is 23.8 Å². The third-order valence-corrected chi connectivity index (χ3v) is 3.95. The lowest BCUT2D eigenvalue weighted by Gasteiger charge is -2.43. The maximum Gasteiger partial charge on any atom is 0.274 e. The summed E-state index contributed by atoms with van der Waals surface area (Å²) in [5.74, 6) is -0.000596. The zero-order valence-electron chi connectivity index (χ0n) is 12.8. The molecule has 5 nitrogen and oxygen atoms in total. The summed E-state index contributed by atoms with van der Waals surface area (Å²) in [6, 6.07) is 0.961. The molecule has 1 aromatic heterocycles. The zero-order valence-corrected chi connectivity index (χ0v) is 12.8. The quantitative estimate of drug-likeness (QED) is 0.843. The summed E-state index contributed by atoms with van der Waals surface area (Å²) in [6.45, 7) is 11.0. The summed E-state index contributed by atoms with van der Waals surface area (Å²) in [6.07, 6.45) is 4.28. The van der Waals surface area contributed by atoms with Crippen molar-refractivity contribution in [1.82, 2.24) is 19.8 Å². The van der Waals surface area contributed by atoms with Gasteiger partial charge >= 0.3 is 0 Å². The Morgan fingerprint density at radius 3 is 2.65 bits per heavy atom. The Bertz CT molecular complexity index is 457. The van der Waals surface area contributed by atoms with Crippen LogP contribution in [0.15, 0.2) is 12.4 Å². The molecule has 20 heavy (non-hydrogen) atoms. The lowest BCUT2D eigenvalue weighted by atomic mass is 10.1. The molecule has 5 heteroatoms. The smallest absolute Gasteiger partial charge is 0.274 e. The van der Waals surface area contributed by atoms with Crippen molar-refractivity contribution >= 4 is 5.91 Å². The molecule has 110 valence electrons. The molecule has 1 unspecified atom stereocenters. The van der Waals surface area contributed by atoms with Crippen LogP contribution in [-0.4, -0.2) is 57.4 Å². The number of nitrogens with zero attached hydrogens (tertiary/aromatic N) is 4. The van der Waals surface area contributed by atoms with Gasteiger partial charge in [-0.2, -0.15) is 0 Å². The Morgan fingerprint density at radius 1 is 1.35 bits per heavy atom. The third-order valence-electron chi connectivity index (χ3n) is 3.95. The average Bonchev–Trinajstić information content (AvgIpc) is 2.46. The molecule has 0 aliphatic carbocycles. The first-order valence-corrected chi connectivity index (χ1v) is 7.36. The van der Waals surface area contributed by atoms with E-state index in [0.717, 1.165) is 31.7 Å². The molecule has 1 atom stereocenters. The van der Waals surface area contributed by atoms with Crippen LogP contribution in [-0.2, 0) is 0 Å². The maximum atomic E-state index is 12.5. The Balaban J connectivity index is 2.07. The number of amides is 1. The van der Waals surface area contributed by atoms with Crippen molar-refractivity contribution in [3.63, 3.8) is 0 Å². The normalized spacial score (nSPS) is 20.4. The van der Waals surface area contributed by atoms with Gasteiger partial charge in [-0.3, -0.25) is 14.7 Å². The molecule has 0 radical (unpaired) electrons. The van der Waals surface area contributed by atoms with Gasteiger partial charge in [0.15, 0.2) is 0 Å². The molecule has 2 heterocycles. The molecule has 0 saturated carbocycles. The van der Waals surface area contributed by atoms with E-state index in [2.05, 4.69) is 35.6 Å². The van der Waals surface area contributed by atoms with Gasteiger partial charge in [0.05, 0.1) is 11.9 Å². The van der Waals surface area contributed by atoms with Gasteiger partial charge in [-0.15, -0.1) is 0 Å². The van der Waals surface area contributed by atoms with E-state index in [1.807, 2.05) is 11.8 Å². The largest absolute Gasteiger partial charge is 0.334 e. The number of hydrogen-bond acceptors (Lipinski definition) is 4. The van der Waals surface area contributed by atoms with E-state index in [9.17, 15) is 4.79 Å². The molecule has 0 spiro atoms. The summed E-state index contributed by atoms with van der Waals surface area (Å²) in [4.78, 5) is 25.2. The van der Waals surface area contributed by atoms with Crippen molar-refractivity contribution in [2.24, 2.45) is 0 Å². The molecule has 2 rings (SSSR count). The van der Waals surface area contributed by atoms with Gasteiger partial charge in [0.25, 0.3) is 5.91 Å². The fourth-order valence-electron chi connectivity index (χ4n) is 2.76. The molecule has 1 amide bonds.